The first-order chi connectivity index (χ1) is 16.8. The number of hydrogen-bond donors (Lipinski definition) is 0. The number of carbonyl (C=O) groups excluding carboxylic acids is 3. The summed E-state index contributed by atoms with van der Waals surface area (Å²) in [6, 6.07) is 11.9. The minimum absolute atomic E-state index is 0.0700. The standard InChI is InChI=1S/C28H31N3O4/c1-5-7-8-24(29-35-18(3)32)27(33)20-10-12-26-23(17-20)22-16-19(9-11-25(22)31(26)6-2)15-21-13-14-30(4)28(21)34/h9-12,15-17H,5-8,13-14H2,1-4H3/b21-15+,29-24+. The normalized spacial score (nSPS) is 15.5. The van der Waals surface area contributed by atoms with Crippen LogP contribution in [-0.4, -0.2) is 46.4 Å². The predicted molar refractivity (Wildman–Crippen MR) is 138 cm³/mol. The van der Waals surface area contributed by atoms with Gasteiger partial charge >= 0.3 is 5.97 Å². The minimum Gasteiger partial charge on any atom is -0.342 e. The molecule has 182 valence electrons. The smallest absolute Gasteiger partial charge is 0.331 e. The van der Waals surface area contributed by atoms with Gasteiger partial charge in [0.15, 0.2) is 0 Å². The number of carbonyl (C=O) groups is 3. The maximum absolute atomic E-state index is 13.3. The molecule has 0 aliphatic carbocycles. The fraction of sp³-hybridized carbons (Fsp3) is 0.357. The molecule has 1 fully saturated rings. The SMILES string of the molecule is CCCC/C(=N\OC(C)=O)C(=O)c1ccc2c(c1)c1cc(/C=C3\CCN(C)C3=O)ccc1n2CC. The van der Waals surface area contributed by atoms with Gasteiger partial charge < -0.3 is 14.3 Å². The first-order valence-corrected chi connectivity index (χ1v) is 12.1. The van der Waals surface area contributed by atoms with Crippen molar-refractivity contribution in [2.45, 2.75) is 53.0 Å². The molecule has 2 heterocycles. The molecule has 0 spiro atoms. The van der Waals surface area contributed by atoms with Crippen molar-refractivity contribution in [3.63, 3.8) is 0 Å². The molecule has 0 radical (unpaired) electrons. The Morgan fingerprint density at radius 2 is 1.80 bits per heavy atom. The molecule has 2 aromatic carbocycles. The quantitative estimate of drug-likeness (QED) is 0.145. The number of Topliss-reactive ketones (excluding diaryl/α,β-unsaturated/α-hetero) is 1. The molecule has 35 heavy (non-hydrogen) atoms. The van der Waals surface area contributed by atoms with Crippen LogP contribution in [-0.2, 0) is 21.0 Å². The number of rotatable bonds is 8. The van der Waals surface area contributed by atoms with Crippen molar-refractivity contribution in [3.8, 4) is 0 Å². The number of aromatic nitrogens is 1. The first-order valence-electron chi connectivity index (χ1n) is 12.1. The van der Waals surface area contributed by atoms with Crippen molar-refractivity contribution in [1.29, 1.82) is 0 Å². The van der Waals surface area contributed by atoms with Gasteiger partial charge in [-0.25, -0.2) is 4.79 Å². The van der Waals surface area contributed by atoms with E-state index in [0.717, 1.165) is 65.3 Å². The second-order valence-corrected chi connectivity index (χ2v) is 8.95. The summed E-state index contributed by atoms with van der Waals surface area (Å²) in [5.74, 6) is -0.723. The van der Waals surface area contributed by atoms with Crippen LogP contribution in [0.3, 0.4) is 0 Å². The van der Waals surface area contributed by atoms with E-state index < -0.39 is 5.97 Å². The van der Waals surface area contributed by atoms with E-state index >= 15 is 0 Å². The van der Waals surface area contributed by atoms with Crippen molar-refractivity contribution >= 4 is 51.3 Å². The van der Waals surface area contributed by atoms with Gasteiger partial charge in [-0.1, -0.05) is 24.6 Å². The van der Waals surface area contributed by atoms with Gasteiger partial charge in [-0.3, -0.25) is 9.59 Å². The van der Waals surface area contributed by atoms with E-state index in [2.05, 4.69) is 28.8 Å². The second-order valence-electron chi connectivity index (χ2n) is 8.95. The molecular weight excluding hydrogens is 442 g/mol. The summed E-state index contributed by atoms with van der Waals surface area (Å²) in [6.07, 6.45) is 4.81. The van der Waals surface area contributed by atoms with Crippen LogP contribution in [0.15, 0.2) is 47.1 Å². The number of fused-ring (bicyclic) bond motifs is 3. The maximum Gasteiger partial charge on any atom is 0.331 e. The number of aryl methyl sites for hydroxylation is 1. The number of likely N-dealkylation sites (N-methyl/N-ethyl adjacent to an activating group) is 1. The summed E-state index contributed by atoms with van der Waals surface area (Å²) in [5, 5.41) is 5.84. The highest BCUT2D eigenvalue weighted by atomic mass is 16.7. The van der Waals surface area contributed by atoms with Crippen LogP contribution in [0.5, 0.6) is 0 Å². The number of hydrogen-bond acceptors (Lipinski definition) is 5. The van der Waals surface area contributed by atoms with Crippen LogP contribution in [0.1, 0.15) is 62.4 Å². The third-order valence-corrected chi connectivity index (χ3v) is 6.46. The molecule has 3 aromatic rings. The van der Waals surface area contributed by atoms with E-state index in [1.807, 2.05) is 38.2 Å². The molecule has 0 saturated carbocycles. The Hall–Kier alpha value is -3.74. The maximum atomic E-state index is 13.3. The van der Waals surface area contributed by atoms with Gasteiger partial charge in [0.05, 0.1) is 0 Å². The lowest BCUT2D eigenvalue weighted by molar-refractivity contribution is -0.140. The summed E-state index contributed by atoms with van der Waals surface area (Å²) in [7, 11) is 1.82. The molecule has 4 rings (SSSR count). The predicted octanol–water partition coefficient (Wildman–Crippen LogP) is 5.35. The van der Waals surface area contributed by atoms with Gasteiger partial charge in [-0.2, -0.15) is 0 Å². The molecule has 0 bridgehead atoms. The second kappa shape index (κ2) is 10.3. The first kappa shape index (κ1) is 24.4. The van der Waals surface area contributed by atoms with Crippen molar-refractivity contribution in [1.82, 2.24) is 9.47 Å². The summed E-state index contributed by atoms with van der Waals surface area (Å²) in [6.45, 7) is 6.91. The van der Waals surface area contributed by atoms with Crippen molar-refractivity contribution in [3.05, 3.63) is 53.1 Å². The highest BCUT2D eigenvalue weighted by molar-refractivity contribution is 6.46. The van der Waals surface area contributed by atoms with E-state index in [1.165, 1.54) is 6.92 Å². The summed E-state index contributed by atoms with van der Waals surface area (Å²) >= 11 is 0. The zero-order valence-electron chi connectivity index (χ0n) is 20.8. The summed E-state index contributed by atoms with van der Waals surface area (Å²) in [5.41, 5.74) is 4.63. The van der Waals surface area contributed by atoms with Gasteiger partial charge in [0.25, 0.3) is 0 Å². The Balaban J connectivity index is 1.80. The molecule has 0 unspecified atom stereocenters. The lowest BCUT2D eigenvalue weighted by atomic mass is 10.00. The number of amides is 1. The highest BCUT2D eigenvalue weighted by Crippen LogP contribution is 2.32. The molecule has 1 saturated heterocycles. The summed E-state index contributed by atoms with van der Waals surface area (Å²) in [4.78, 5) is 43.5. The molecule has 7 nitrogen and oxygen atoms in total. The topological polar surface area (TPSA) is 81.0 Å². The van der Waals surface area contributed by atoms with Crippen LogP contribution < -0.4 is 0 Å². The average molecular weight is 474 g/mol. The van der Waals surface area contributed by atoms with Gasteiger partial charge in [-0.15, -0.1) is 0 Å². The van der Waals surface area contributed by atoms with Crippen LogP contribution in [0.25, 0.3) is 27.9 Å². The third kappa shape index (κ3) is 4.90. The van der Waals surface area contributed by atoms with Gasteiger partial charge in [-0.05, 0) is 68.2 Å². The van der Waals surface area contributed by atoms with E-state index in [9.17, 15) is 14.4 Å². The molecular formula is C28H31N3O4. The molecule has 0 atom stereocenters. The van der Waals surface area contributed by atoms with E-state index in [0.29, 0.717) is 12.0 Å². The average Bonchev–Trinajstić information content (AvgIpc) is 3.34. The fourth-order valence-electron chi connectivity index (χ4n) is 4.60. The van der Waals surface area contributed by atoms with Gasteiger partial charge in [0.2, 0.25) is 11.7 Å². The number of likely N-dealkylation sites (tertiary alicyclic amines) is 1. The number of benzene rings is 2. The minimum atomic E-state index is -0.554. The third-order valence-electron chi connectivity index (χ3n) is 6.46. The zero-order chi connectivity index (χ0) is 25.1. The van der Waals surface area contributed by atoms with Crippen LogP contribution in [0, 0.1) is 0 Å². The number of ketones is 1. The Bertz CT molecular complexity index is 1380. The Morgan fingerprint density at radius 1 is 1.09 bits per heavy atom. The Morgan fingerprint density at radius 3 is 2.43 bits per heavy atom. The van der Waals surface area contributed by atoms with Crippen molar-refractivity contribution < 1.29 is 19.2 Å². The lowest BCUT2D eigenvalue weighted by Gasteiger charge is -2.06. The number of nitrogens with zero attached hydrogens (tertiary/aromatic N) is 3. The van der Waals surface area contributed by atoms with E-state index in [4.69, 9.17) is 4.84 Å². The molecule has 7 heteroatoms. The fourth-order valence-corrected chi connectivity index (χ4v) is 4.60. The van der Waals surface area contributed by atoms with Crippen molar-refractivity contribution in [2.24, 2.45) is 5.16 Å². The van der Waals surface area contributed by atoms with Crippen LogP contribution >= 0.6 is 0 Å². The number of oxime groups is 1. The monoisotopic (exact) mass is 473 g/mol. The molecule has 1 aliphatic heterocycles. The van der Waals surface area contributed by atoms with Crippen LogP contribution in [0.4, 0.5) is 0 Å². The van der Waals surface area contributed by atoms with Crippen molar-refractivity contribution in [2.75, 3.05) is 13.6 Å². The van der Waals surface area contributed by atoms with Gasteiger partial charge in [0, 0.05) is 60.0 Å². The molecule has 0 N–H and O–H groups in total. The zero-order valence-corrected chi connectivity index (χ0v) is 20.8. The largest absolute Gasteiger partial charge is 0.342 e. The van der Waals surface area contributed by atoms with E-state index in [-0.39, 0.29) is 17.4 Å². The summed E-state index contributed by atoms with van der Waals surface area (Å²) < 4.78 is 2.22. The molecule has 1 aromatic heterocycles. The molecule has 1 aliphatic rings. The van der Waals surface area contributed by atoms with Crippen LogP contribution in [0.2, 0.25) is 0 Å². The molecule has 1 amide bonds. The lowest BCUT2D eigenvalue weighted by Crippen LogP contribution is -2.18. The van der Waals surface area contributed by atoms with Gasteiger partial charge in [0.1, 0.15) is 5.71 Å². The Kier molecular flexibility index (Phi) is 7.15. The number of unbranched alkanes of at least 4 members (excludes halogenated alkanes) is 1. The van der Waals surface area contributed by atoms with E-state index in [1.54, 1.807) is 11.0 Å². The Labute approximate surface area is 205 Å². The highest BCUT2D eigenvalue weighted by Gasteiger charge is 2.22.